The molecular weight excluding hydrogens is 324 g/mol. The summed E-state index contributed by atoms with van der Waals surface area (Å²) in [5.41, 5.74) is 7.61. The van der Waals surface area contributed by atoms with Crippen LogP contribution in [0.5, 0.6) is 0 Å². The van der Waals surface area contributed by atoms with E-state index in [0.29, 0.717) is 11.7 Å². The van der Waals surface area contributed by atoms with Gasteiger partial charge in [0.2, 0.25) is 0 Å². The number of nitrogens with one attached hydrogen (secondary N) is 1. The Morgan fingerprint density at radius 3 is 3.00 bits per heavy atom. The average Bonchev–Trinajstić information content (AvgIpc) is 2.87. The molecule has 0 radical (unpaired) electrons. The van der Waals surface area contributed by atoms with Crippen molar-refractivity contribution in [2.45, 2.75) is 19.5 Å². The second kappa shape index (κ2) is 8.07. The number of hydrogen-bond donors (Lipinski definition) is 2. The Morgan fingerprint density at radius 2 is 2.25 bits per heavy atom. The predicted octanol–water partition coefficient (Wildman–Crippen LogP) is 1.54. The molecule has 1 fully saturated rings. The van der Waals surface area contributed by atoms with Crippen molar-refractivity contribution in [3.63, 3.8) is 0 Å². The van der Waals surface area contributed by atoms with Gasteiger partial charge in [-0.1, -0.05) is 6.07 Å². The molecule has 1 aliphatic rings. The molecule has 2 amide bonds. The summed E-state index contributed by atoms with van der Waals surface area (Å²) in [6.45, 7) is 4.65. The summed E-state index contributed by atoms with van der Waals surface area (Å²) in [4.78, 5) is 24.9. The van der Waals surface area contributed by atoms with Crippen LogP contribution >= 0.6 is 11.3 Å². The van der Waals surface area contributed by atoms with Crippen LogP contribution in [0.1, 0.15) is 17.7 Å². The second-order valence-corrected chi connectivity index (χ2v) is 6.70. The van der Waals surface area contributed by atoms with Crippen LogP contribution in [0.25, 0.3) is 0 Å². The summed E-state index contributed by atoms with van der Waals surface area (Å²) in [6.07, 6.45) is 4.65. The molecule has 1 saturated heterocycles. The van der Waals surface area contributed by atoms with Crippen molar-refractivity contribution >= 4 is 22.5 Å². The SMILES string of the molecule is Nc1nc(CNC(=O)N2CCCN(Cc3cccnc3)CC2)cs1. The minimum Gasteiger partial charge on any atom is -0.375 e. The Labute approximate surface area is 145 Å². The van der Waals surface area contributed by atoms with Crippen LogP contribution in [0, 0.1) is 0 Å². The fourth-order valence-electron chi connectivity index (χ4n) is 2.76. The normalized spacial score (nSPS) is 15.9. The van der Waals surface area contributed by atoms with Gasteiger partial charge in [-0.05, 0) is 18.1 Å². The van der Waals surface area contributed by atoms with Gasteiger partial charge in [0.25, 0.3) is 0 Å². The second-order valence-electron chi connectivity index (χ2n) is 5.81. The fraction of sp³-hybridized carbons (Fsp3) is 0.438. The van der Waals surface area contributed by atoms with Crippen molar-refractivity contribution in [1.29, 1.82) is 0 Å². The van der Waals surface area contributed by atoms with E-state index < -0.39 is 0 Å². The number of hydrogen-bond acceptors (Lipinski definition) is 6. The molecule has 24 heavy (non-hydrogen) atoms. The molecule has 1 aliphatic heterocycles. The molecular formula is C16H22N6OS. The molecule has 7 nitrogen and oxygen atoms in total. The lowest BCUT2D eigenvalue weighted by Crippen LogP contribution is -2.41. The number of thiazole rings is 1. The van der Waals surface area contributed by atoms with E-state index in [4.69, 9.17) is 5.73 Å². The summed E-state index contributed by atoms with van der Waals surface area (Å²) >= 11 is 1.39. The third-order valence-electron chi connectivity index (χ3n) is 3.99. The molecule has 128 valence electrons. The van der Waals surface area contributed by atoms with Gasteiger partial charge in [-0.3, -0.25) is 9.88 Å². The minimum atomic E-state index is -0.0372. The lowest BCUT2D eigenvalue weighted by Gasteiger charge is -2.22. The van der Waals surface area contributed by atoms with Crippen molar-refractivity contribution in [3.8, 4) is 0 Å². The lowest BCUT2D eigenvalue weighted by atomic mass is 10.2. The molecule has 0 spiro atoms. The maximum absolute atomic E-state index is 12.3. The molecule has 3 N–H and O–H groups in total. The molecule has 3 rings (SSSR count). The third-order valence-corrected chi connectivity index (χ3v) is 4.72. The van der Waals surface area contributed by atoms with Crippen LogP contribution in [0.3, 0.4) is 0 Å². The van der Waals surface area contributed by atoms with Crippen LogP contribution < -0.4 is 11.1 Å². The molecule has 3 heterocycles. The first-order chi connectivity index (χ1) is 11.7. The van der Waals surface area contributed by atoms with E-state index in [0.717, 1.165) is 44.8 Å². The molecule has 0 atom stereocenters. The largest absolute Gasteiger partial charge is 0.375 e. The van der Waals surface area contributed by atoms with Crippen LogP contribution in [0.15, 0.2) is 29.9 Å². The number of carbonyl (C=O) groups is 1. The first kappa shape index (κ1) is 16.7. The van der Waals surface area contributed by atoms with Crippen LogP contribution in [-0.2, 0) is 13.1 Å². The first-order valence-electron chi connectivity index (χ1n) is 8.04. The number of rotatable bonds is 4. The summed E-state index contributed by atoms with van der Waals surface area (Å²) in [7, 11) is 0. The highest BCUT2D eigenvalue weighted by Crippen LogP contribution is 2.11. The number of carbonyl (C=O) groups excluding carboxylic acids is 1. The van der Waals surface area contributed by atoms with Gasteiger partial charge < -0.3 is 16.0 Å². The van der Waals surface area contributed by atoms with Crippen molar-refractivity contribution in [2.75, 3.05) is 31.9 Å². The summed E-state index contributed by atoms with van der Waals surface area (Å²) < 4.78 is 0. The van der Waals surface area contributed by atoms with E-state index in [2.05, 4.69) is 26.3 Å². The van der Waals surface area contributed by atoms with Crippen molar-refractivity contribution in [2.24, 2.45) is 0 Å². The third kappa shape index (κ3) is 4.65. The van der Waals surface area contributed by atoms with Crippen LogP contribution in [-0.4, -0.2) is 52.0 Å². The Bertz CT molecular complexity index is 662. The molecule has 8 heteroatoms. The fourth-order valence-corrected chi connectivity index (χ4v) is 3.33. The number of anilines is 1. The number of urea groups is 1. The quantitative estimate of drug-likeness (QED) is 0.877. The molecule has 0 aromatic carbocycles. The van der Waals surface area contributed by atoms with Crippen molar-refractivity contribution in [3.05, 3.63) is 41.2 Å². The first-order valence-corrected chi connectivity index (χ1v) is 8.92. The number of nitrogen functional groups attached to an aromatic ring is 1. The number of pyridine rings is 1. The van der Waals surface area contributed by atoms with E-state index >= 15 is 0 Å². The van der Waals surface area contributed by atoms with Gasteiger partial charge >= 0.3 is 6.03 Å². The van der Waals surface area contributed by atoms with E-state index in [1.165, 1.54) is 16.9 Å². The lowest BCUT2D eigenvalue weighted by molar-refractivity contribution is 0.197. The summed E-state index contributed by atoms with van der Waals surface area (Å²) in [5, 5.41) is 5.32. The molecule has 2 aromatic heterocycles. The Hall–Kier alpha value is -2.19. The summed E-state index contributed by atoms with van der Waals surface area (Å²) in [6, 6.07) is 4.00. The van der Waals surface area contributed by atoms with Crippen molar-refractivity contribution < 1.29 is 4.79 Å². The van der Waals surface area contributed by atoms with Gasteiger partial charge in [-0.2, -0.15) is 0 Å². The Balaban J connectivity index is 1.46. The highest BCUT2D eigenvalue weighted by molar-refractivity contribution is 7.13. The van der Waals surface area contributed by atoms with E-state index in [1.807, 2.05) is 22.5 Å². The Kier molecular flexibility index (Phi) is 5.60. The van der Waals surface area contributed by atoms with Crippen LogP contribution in [0.2, 0.25) is 0 Å². The number of nitrogens with two attached hydrogens (primary N) is 1. The number of amides is 2. The van der Waals surface area contributed by atoms with Gasteiger partial charge in [0, 0.05) is 50.5 Å². The van der Waals surface area contributed by atoms with Gasteiger partial charge in [0.1, 0.15) is 0 Å². The monoisotopic (exact) mass is 346 g/mol. The molecule has 0 unspecified atom stereocenters. The molecule has 0 saturated carbocycles. The van der Waals surface area contributed by atoms with Gasteiger partial charge in [-0.25, -0.2) is 9.78 Å². The van der Waals surface area contributed by atoms with Gasteiger partial charge in [0.05, 0.1) is 12.2 Å². The average molecular weight is 346 g/mol. The van der Waals surface area contributed by atoms with Gasteiger partial charge in [-0.15, -0.1) is 11.3 Å². The maximum atomic E-state index is 12.3. The highest BCUT2D eigenvalue weighted by Gasteiger charge is 2.19. The number of nitrogens with zero attached hydrogens (tertiary/aromatic N) is 4. The molecule has 0 bridgehead atoms. The number of aromatic nitrogens is 2. The zero-order valence-electron chi connectivity index (χ0n) is 13.5. The van der Waals surface area contributed by atoms with E-state index in [-0.39, 0.29) is 6.03 Å². The highest BCUT2D eigenvalue weighted by atomic mass is 32.1. The van der Waals surface area contributed by atoms with E-state index in [1.54, 1.807) is 6.20 Å². The molecule has 2 aromatic rings. The Morgan fingerprint density at radius 1 is 1.33 bits per heavy atom. The topological polar surface area (TPSA) is 87.4 Å². The van der Waals surface area contributed by atoms with Gasteiger partial charge in [0.15, 0.2) is 5.13 Å². The predicted molar refractivity (Wildman–Crippen MR) is 94.5 cm³/mol. The maximum Gasteiger partial charge on any atom is 0.317 e. The standard InChI is InChI=1S/C16H22N6OS/c17-15-20-14(12-24-15)10-19-16(23)22-6-2-5-21(7-8-22)11-13-3-1-4-18-9-13/h1,3-4,9,12H,2,5-8,10-11H2,(H2,17,20)(H,19,23). The van der Waals surface area contributed by atoms with E-state index in [9.17, 15) is 4.79 Å². The zero-order chi connectivity index (χ0) is 16.8. The zero-order valence-corrected chi connectivity index (χ0v) is 14.3. The minimum absolute atomic E-state index is 0.0372. The van der Waals surface area contributed by atoms with Crippen molar-refractivity contribution in [1.82, 2.24) is 25.1 Å². The van der Waals surface area contributed by atoms with Crippen LogP contribution in [0.4, 0.5) is 9.93 Å². The summed E-state index contributed by atoms with van der Waals surface area (Å²) in [5.74, 6) is 0. The molecule has 0 aliphatic carbocycles. The smallest absolute Gasteiger partial charge is 0.317 e.